The lowest BCUT2D eigenvalue weighted by atomic mass is 9.99. The zero-order chi connectivity index (χ0) is 26.9. The quantitative estimate of drug-likeness (QED) is 0.325. The molecule has 4 heterocycles. The van der Waals surface area contributed by atoms with E-state index in [-0.39, 0.29) is 19.0 Å². The average molecular weight is 518 g/mol. The summed E-state index contributed by atoms with van der Waals surface area (Å²) >= 11 is 0. The molecule has 4 amide bonds. The van der Waals surface area contributed by atoms with Gasteiger partial charge in [0.05, 0.1) is 19.3 Å². The first-order valence-corrected chi connectivity index (χ1v) is 12.2. The number of pyridine rings is 1. The van der Waals surface area contributed by atoms with Crippen molar-refractivity contribution in [2.24, 2.45) is 5.18 Å². The van der Waals surface area contributed by atoms with E-state index >= 15 is 0 Å². The molecule has 38 heavy (non-hydrogen) atoms. The minimum absolute atomic E-state index is 0.139. The van der Waals surface area contributed by atoms with Crippen LogP contribution in [0.4, 0.5) is 4.79 Å². The van der Waals surface area contributed by atoms with Gasteiger partial charge >= 0.3 is 6.03 Å². The minimum atomic E-state index is -1.63. The minimum Gasteiger partial charge on any atom is -0.497 e. The third-order valence-electron chi connectivity index (χ3n) is 7.02. The fourth-order valence-corrected chi connectivity index (χ4v) is 4.80. The van der Waals surface area contributed by atoms with Crippen LogP contribution in [-0.2, 0) is 11.3 Å². The number of hydrogen-bond donors (Lipinski definition) is 2. The van der Waals surface area contributed by atoms with E-state index in [1.807, 2.05) is 11.9 Å². The number of imide groups is 1. The topological polar surface area (TPSA) is 137 Å². The second-order valence-corrected chi connectivity index (χ2v) is 9.54. The Labute approximate surface area is 219 Å². The van der Waals surface area contributed by atoms with Crippen molar-refractivity contribution in [3.05, 3.63) is 63.8 Å². The standard InChI is InChI=1S/C26H27N7O5/c1-31-9-11-32(12-10-31)22(30-37)21-6-3-17(14-27-21)7-8-26(24(35)28-25(36)29-26)16-33-15-18-4-5-19(38-2)13-20(18)23(33)34/h3-6,13-14,22H,9-12,15-16H2,1-2H3,(H2,28,29,35,36)/t22?,26-/m1/s1. The fraction of sp³-hybridized carbons (Fsp3) is 0.385. The number of ether oxygens (including phenoxy) is 1. The van der Waals surface area contributed by atoms with Crippen LogP contribution in [0.25, 0.3) is 0 Å². The molecule has 0 spiro atoms. The smallest absolute Gasteiger partial charge is 0.323 e. The summed E-state index contributed by atoms with van der Waals surface area (Å²) in [6.45, 7) is 3.22. The predicted octanol–water partition coefficient (Wildman–Crippen LogP) is 0.688. The van der Waals surface area contributed by atoms with E-state index in [0.717, 1.165) is 18.7 Å². The maximum absolute atomic E-state index is 13.1. The number of carbonyl (C=O) groups excluding carboxylic acids is 3. The molecule has 1 aromatic heterocycles. The highest BCUT2D eigenvalue weighted by atomic mass is 16.5. The van der Waals surface area contributed by atoms with Crippen LogP contribution in [0.1, 0.15) is 33.3 Å². The van der Waals surface area contributed by atoms with Crippen molar-refractivity contribution in [1.82, 2.24) is 30.3 Å². The van der Waals surface area contributed by atoms with Gasteiger partial charge in [0.1, 0.15) is 5.75 Å². The Kier molecular flexibility index (Phi) is 6.79. The molecular weight excluding hydrogens is 490 g/mol. The first kappa shape index (κ1) is 25.3. The first-order valence-electron chi connectivity index (χ1n) is 12.2. The largest absolute Gasteiger partial charge is 0.497 e. The zero-order valence-electron chi connectivity index (χ0n) is 21.1. The number of aromatic nitrogens is 1. The molecule has 2 aromatic rings. The number of urea groups is 1. The molecule has 2 atom stereocenters. The molecule has 3 aliphatic heterocycles. The molecule has 3 aliphatic rings. The Balaban J connectivity index is 1.35. The summed E-state index contributed by atoms with van der Waals surface area (Å²) in [5.74, 6) is 5.40. The number of hydrogen-bond acceptors (Lipinski definition) is 9. The average Bonchev–Trinajstić information content (AvgIpc) is 3.38. The third-order valence-corrected chi connectivity index (χ3v) is 7.02. The summed E-state index contributed by atoms with van der Waals surface area (Å²) in [7, 11) is 3.55. The molecule has 2 saturated heterocycles. The number of nitrogens with one attached hydrogen (secondary N) is 2. The number of likely N-dealkylation sites (N-methyl/N-ethyl adjacent to an activating group) is 1. The Morgan fingerprint density at radius 3 is 2.58 bits per heavy atom. The van der Waals surface area contributed by atoms with Crippen LogP contribution in [-0.4, -0.2) is 89.9 Å². The summed E-state index contributed by atoms with van der Waals surface area (Å²) in [4.78, 5) is 59.6. The summed E-state index contributed by atoms with van der Waals surface area (Å²) < 4.78 is 5.22. The molecular formula is C26H27N7O5. The Bertz CT molecular complexity index is 1340. The number of carbonyl (C=O) groups is 3. The van der Waals surface area contributed by atoms with E-state index in [9.17, 15) is 19.3 Å². The van der Waals surface area contributed by atoms with Gasteiger partial charge in [-0.15, -0.1) is 4.91 Å². The highest BCUT2D eigenvalue weighted by molar-refractivity contribution is 6.10. The van der Waals surface area contributed by atoms with Crippen LogP contribution >= 0.6 is 0 Å². The molecule has 0 bridgehead atoms. The summed E-state index contributed by atoms with van der Waals surface area (Å²) in [6.07, 6.45) is 0.806. The number of nitrogens with zero attached hydrogens (tertiary/aromatic N) is 5. The molecule has 0 radical (unpaired) electrons. The Hall–Kier alpha value is -4.34. The lowest BCUT2D eigenvalue weighted by molar-refractivity contribution is -0.122. The molecule has 2 fully saturated rings. The van der Waals surface area contributed by atoms with Crippen molar-refractivity contribution in [3.8, 4) is 17.6 Å². The summed E-state index contributed by atoms with van der Waals surface area (Å²) in [5, 5.41) is 8.09. The van der Waals surface area contributed by atoms with Crippen LogP contribution in [0, 0.1) is 16.7 Å². The second-order valence-electron chi connectivity index (χ2n) is 9.54. The van der Waals surface area contributed by atoms with Gasteiger partial charge in [0.25, 0.3) is 11.8 Å². The van der Waals surface area contributed by atoms with Gasteiger partial charge in [-0.2, -0.15) is 0 Å². The maximum atomic E-state index is 13.1. The predicted molar refractivity (Wildman–Crippen MR) is 136 cm³/mol. The molecule has 1 unspecified atom stereocenters. The van der Waals surface area contributed by atoms with Crippen molar-refractivity contribution >= 4 is 17.8 Å². The molecule has 0 saturated carbocycles. The number of methoxy groups -OCH3 is 1. The van der Waals surface area contributed by atoms with Gasteiger partial charge in [-0.1, -0.05) is 17.9 Å². The maximum Gasteiger partial charge on any atom is 0.323 e. The van der Waals surface area contributed by atoms with Gasteiger partial charge in [-0.25, -0.2) is 4.79 Å². The molecule has 12 heteroatoms. The lowest BCUT2D eigenvalue weighted by Crippen LogP contribution is -2.54. The zero-order valence-corrected chi connectivity index (χ0v) is 21.1. The first-order chi connectivity index (χ1) is 18.3. The number of piperazine rings is 1. The van der Waals surface area contributed by atoms with Crippen molar-refractivity contribution in [1.29, 1.82) is 0 Å². The normalized spacial score (nSPS) is 22.3. The molecule has 1 aromatic carbocycles. The van der Waals surface area contributed by atoms with Crippen LogP contribution in [0.2, 0.25) is 0 Å². The summed E-state index contributed by atoms with van der Waals surface area (Å²) in [5.41, 5.74) is 0.626. The highest BCUT2D eigenvalue weighted by Crippen LogP contribution is 2.28. The van der Waals surface area contributed by atoms with Gasteiger partial charge in [0.15, 0.2) is 6.17 Å². The molecule has 196 valence electrons. The highest BCUT2D eigenvalue weighted by Gasteiger charge is 2.48. The van der Waals surface area contributed by atoms with Gasteiger partial charge in [-0.3, -0.25) is 24.8 Å². The van der Waals surface area contributed by atoms with E-state index < -0.39 is 23.6 Å². The number of benzene rings is 1. The van der Waals surface area contributed by atoms with E-state index in [2.05, 4.69) is 37.5 Å². The van der Waals surface area contributed by atoms with Gasteiger partial charge in [0, 0.05) is 50.0 Å². The van der Waals surface area contributed by atoms with Crippen molar-refractivity contribution in [3.63, 3.8) is 0 Å². The van der Waals surface area contributed by atoms with Crippen LogP contribution in [0.15, 0.2) is 41.7 Å². The van der Waals surface area contributed by atoms with Crippen LogP contribution in [0.3, 0.4) is 0 Å². The van der Waals surface area contributed by atoms with Crippen molar-refractivity contribution in [2.45, 2.75) is 18.2 Å². The second kappa shape index (κ2) is 10.2. The van der Waals surface area contributed by atoms with Gasteiger partial charge in [0.2, 0.25) is 5.54 Å². The molecule has 12 nitrogen and oxygen atoms in total. The van der Waals surface area contributed by atoms with Gasteiger partial charge < -0.3 is 19.9 Å². The number of nitroso groups, excluding NO2 is 1. The van der Waals surface area contributed by atoms with Gasteiger partial charge in [-0.05, 0) is 42.1 Å². The fourth-order valence-electron chi connectivity index (χ4n) is 4.80. The number of fused-ring (bicyclic) bond motifs is 1. The van der Waals surface area contributed by atoms with Crippen molar-refractivity contribution < 1.29 is 19.1 Å². The third kappa shape index (κ3) is 4.81. The molecule has 5 rings (SSSR count). The van der Waals surface area contributed by atoms with Crippen LogP contribution < -0.4 is 15.4 Å². The molecule has 0 aliphatic carbocycles. The number of amides is 4. The van der Waals surface area contributed by atoms with E-state index in [4.69, 9.17) is 4.74 Å². The monoisotopic (exact) mass is 517 g/mol. The lowest BCUT2D eigenvalue weighted by Gasteiger charge is -2.34. The summed E-state index contributed by atoms with van der Waals surface area (Å²) in [6, 6.07) is 7.91. The van der Waals surface area contributed by atoms with E-state index in [1.54, 1.807) is 30.3 Å². The number of rotatable bonds is 6. The van der Waals surface area contributed by atoms with Crippen LogP contribution in [0.5, 0.6) is 5.75 Å². The molecule has 2 N–H and O–H groups in total. The van der Waals surface area contributed by atoms with E-state index in [1.165, 1.54) is 18.2 Å². The SMILES string of the molecule is COc1ccc2c(c1)C(=O)N(C[C@@]1(C#Cc3ccc(C(N=O)N4CCN(C)CC4)nc3)NC(=O)NC1=O)C2. The Morgan fingerprint density at radius 1 is 1.16 bits per heavy atom. The van der Waals surface area contributed by atoms with Crippen molar-refractivity contribution in [2.75, 3.05) is 46.9 Å². The Morgan fingerprint density at radius 2 is 1.95 bits per heavy atom. The van der Waals surface area contributed by atoms with E-state index in [0.29, 0.717) is 35.7 Å².